The van der Waals surface area contributed by atoms with E-state index in [1.807, 2.05) is 0 Å². The van der Waals surface area contributed by atoms with Crippen LogP contribution in [0.15, 0.2) is 146 Å². The topological polar surface area (TPSA) is 0 Å². The van der Waals surface area contributed by atoms with E-state index in [0.29, 0.717) is 0 Å². The van der Waals surface area contributed by atoms with E-state index < -0.39 is 0 Å². The molecule has 40 heavy (non-hydrogen) atoms. The summed E-state index contributed by atoms with van der Waals surface area (Å²) in [6.07, 6.45) is 0. The first kappa shape index (κ1) is 21.7. The Morgan fingerprint density at radius 1 is 0.225 bits per heavy atom. The Morgan fingerprint density at radius 3 is 0.975 bits per heavy atom. The number of rotatable bonds is 2. The van der Waals surface area contributed by atoms with Gasteiger partial charge in [0, 0.05) is 0 Å². The molecule has 0 spiro atoms. The van der Waals surface area contributed by atoms with Gasteiger partial charge in [0.05, 0.1) is 0 Å². The molecule has 0 saturated carbocycles. The summed E-state index contributed by atoms with van der Waals surface area (Å²) in [6.45, 7) is 0. The van der Waals surface area contributed by atoms with Crippen molar-refractivity contribution in [2.75, 3.05) is 0 Å². The largest absolute Gasteiger partial charge is 0.0622 e. The molecule has 0 N–H and O–H groups in total. The number of fused-ring (bicyclic) bond motifs is 9. The molecule has 9 rings (SSSR count). The summed E-state index contributed by atoms with van der Waals surface area (Å²) in [5, 5.41) is 10.6. The third kappa shape index (κ3) is 2.91. The lowest BCUT2D eigenvalue weighted by molar-refractivity contribution is 1.63. The lowest BCUT2D eigenvalue weighted by Gasteiger charge is -2.15. The molecule has 8 aromatic carbocycles. The second-order valence-electron chi connectivity index (χ2n) is 10.8. The summed E-state index contributed by atoms with van der Waals surface area (Å²) in [6, 6.07) is 53.7. The second kappa shape index (κ2) is 8.15. The highest BCUT2D eigenvalue weighted by Gasteiger charge is 2.26. The van der Waals surface area contributed by atoms with Crippen molar-refractivity contribution in [2.45, 2.75) is 0 Å². The first-order valence-electron chi connectivity index (χ1n) is 14.0. The maximum atomic E-state index is 2.46. The first-order valence-corrected chi connectivity index (χ1v) is 14.0. The quantitative estimate of drug-likeness (QED) is 0.205. The van der Waals surface area contributed by atoms with Gasteiger partial charge in [-0.05, 0) is 99.7 Å². The van der Waals surface area contributed by atoms with Gasteiger partial charge in [0.1, 0.15) is 0 Å². The Hall–Kier alpha value is -5.20. The lowest BCUT2D eigenvalue weighted by atomic mass is 9.88. The van der Waals surface area contributed by atoms with Gasteiger partial charge in [-0.3, -0.25) is 0 Å². The second-order valence-corrected chi connectivity index (χ2v) is 10.8. The van der Waals surface area contributed by atoms with Crippen molar-refractivity contribution in [3.8, 4) is 44.5 Å². The number of hydrogen-bond acceptors (Lipinski definition) is 0. The van der Waals surface area contributed by atoms with Crippen molar-refractivity contribution >= 4 is 43.1 Å². The minimum atomic E-state index is 1.25. The maximum absolute atomic E-state index is 2.46. The standard InChI is InChI=1S/C40H24/c1-3-11-25(12-4-1)27-19-21-33-37-23-35-31-17-9-7-15-29(31)30-16-8-10-18-32(30)36(35)24-38(37)34-22-20-28(39(27)40(33)34)26-13-5-2-6-14-26/h1-24H. The van der Waals surface area contributed by atoms with Crippen molar-refractivity contribution in [2.24, 2.45) is 0 Å². The highest BCUT2D eigenvalue weighted by Crippen LogP contribution is 2.53. The summed E-state index contributed by atoms with van der Waals surface area (Å²) < 4.78 is 0. The Morgan fingerprint density at radius 2 is 0.550 bits per heavy atom. The lowest BCUT2D eigenvalue weighted by Crippen LogP contribution is -1.88. The Balaban J connectivity index is 1.44. The summed E-state index contributed by atoms with van der Waals surface area (Å²) >= 11 is 0. The molecule has 0 unspecified atom stereocenters. The monoisotopic (exact) mass is 504 g/mol. The van der Waals surface area contributed by atoms with E-state index in [1.54, 1.807) is 0 Å². The van der Waals surface area contributed by atoms with Crippen molar-refractivity contribution in [3.63, 3.8) is 0 Å². The zero-order chi connectivity index (χ0) is 26.2. The van der Waals surface area contributed by atoms with Gasteiger partial charge < -0.3 is 0 Å². The smallest absolute Gasteiger partial charge is 0.00139 e. The molecule has 8 aromatic rings. The van der Waals surface area contributed by atoms with E-state index >= 15 is 0 Å². The molecule has 184 valence electrons. The zero-order valence-corrected chi connectivity index (χ0v) is 21.9. The highest BCUT2D eigenvalue weighted by molar-refractivity contribution is 6.29. The maximum Gasteiger partial charge on any atom is -0.00139 e. The molecule has 0 amide bonds. The Bertz CT molecular complexity index is 2130. The molecule has 0 bridgehead atoms. The highest BCUT2D eigenvalue weighted by atomic mass is 14.3. The van der Waals surface area contributed by atoms with Crippen LogP contribution in [0.1, 0.15) is 0 Å². The normalized spacial score (nSPS) is 12.0. The Kier molecular flexibility index (Phi) is 4.42. The van der Waals surface area contributed by atoms with Gasteiger partial charge >= 0.3 is 0 Å². The van der Waals surface area contributed by atoms with Crippen LogP contribution in [0.5, 0.6) is 0 Å². The van der Waals surface area contributed by atoms with E-state index in [1.165, 1.54) is 87.6 Å². The van der Waals surface area contributed by atoms with Gasteiger partial charge in [0.25, 0.3) is 0 Å². The average molecular weight is 505 g/mol. The van der Waals surface area contributed by atoms with Gasteiger partial charge in [-0.25, -0.2) is 0 Å². The fourth-order valence-corrected chi connectivity index (χ4v) is 7.06. The van der Waals surface area contributed by atoms with Crippen LogP contribution in [-0.2, 0) is 0 Å². The molecular weight excluding hydrogens is 480 g/mol. The number of hydrogen-bond donors (Lipinski definition) is 0. The van der Waals surface area contributed by atoms with Crippen LogP contribution in [-0.4, -0.2) is 0 Å². The first-order chi connectivity index (χ1) is 19.9. The molecule has 0 atom stereocenters. The molecule has 0 fully saturated rings. The van der Waals surface area contributed by atoms with Crippen molar-refractivity contribution in [3.05, 3.63) is 146 Å². The number of benzene rings is 8. The van der Waals surface area contributed by atoms with E-state index in [-0.39, 0.29) is 0 Å². The molecule has 0 heteroatoms. The van der Waals surface area contributed by atoms with Crippen LogP contribution >= 0.6 is 0 Å². The molecular formula is C40H24. The summed E-state index contributed by atoms with van der Waals surface area (Å²) in [5.74, 6) is 0. The molecule has 0 nitrogen and oxygen atoms in total. The third-order valence-corrected chi connectivity index (χ3v) is 8.79. The Labute approximate surface area is 232 Å². The van der Waals surface area contributed by atoms with Crippen LogP contribution in [0.3, 0.4) is 0 Å². The van der Waals surface area contributed by atoms with Crippen molar-refractivity contribution in [1.82, 2.24) is 0 Å². The summed E-state index contributed by atoms with van der Waals surface area (Å²) in [5.41, 5.74) is 10.4. The van der Waals surface area contributed by atoms with E-state index in [2.05, 4.69) is 146 Å². The fourth-order valence-electron chi connectivity index (χ4n) is 7.06. The van der Waals surface area contributed by atoms with Crippen LogP contribution < -0.4 is 0 Å². The predicted molar refractivity (Wildman–Crippen MR) is 172 cm³/mol. The molecule has 1 aliphatic rings. The molecule has 0 radical (unpaired) electrons. The van der Waals surface area contributed by atoms with Crippen molar-refractivity contribution < 1.29 is 0 Å². The minimum absolute atomic E-state index is 1.25. The van der Waals surface area contributed by atoms with Gasteiger partial charge in [-0.15, -0.1) is 0 Å². The van der Waals surface area contributed by atoms with Gasteiger partial charge in [-0.2, -0.15) is 0 Å². The van der Waals surface area contributed by atoms with Crippen molar-refractivity contribution in [1.29, 1.82) is 0 Å². The van der Waals surface area contributed by atoms with Gasteiger partial charge in [0.15, 0.2) is 0 Å². The molecule has 0 saturated heterocycles. The third-order valence-electron chi connectivity index (χ3n) is 8.79. The van der Waals surface area contributed by atoms with E-state index in [9.17, 15) is 0 Å². The predicted octanol–water partition coefficient (Wildman–Crippen LogP) is 11.3. The van der Waals surface area contributed by atoms with E-state index in [4.69, 9.17) is 0 Å². The molecule has 1 aliphatic carbocycles. The fraction of sp³-hybridized carbons (Fsp3) is 0. The molecule has 0 aliphatic heterocycles. The SMILES string of the molecule is c1ccc(-c2ccc3c4c(ccc(-c5ccccc5)c24)-c2cc4c5ccccc5c5ccccc5c4cc2-3)cc1. The van der Waals surface area contributed by atoms with Gasteiger partial charge in [0.2, 0.25) is 0 Å². The van der Waals surface area contributed by atoms with E-state index in [0.717, 1.165) is 0 Å². The van der Waals surface area contributed by atoms with Gasteiger partial charge in [-0.1, -0.05) is 133 Å². The van der Waals surface area contributed by atoms with Crippen LogP contribution in [0, 0.1) is 0 Å². The summed E-state index contributed by atoms with van der Waals surface area (Å²) in [4.78, 5) is 0. The molecule has 0 heterocycles. The van der Waals surface area contributed by atoms with Crippen LogP contribution in [0.4, 0.5) is 0 Å². The van der Waals surface area contributed by atoms with Crippen LogP contribution in [0.2, 0.25) is 0 Å². The minimum Gasteiger partial charge on any atom is -0.0622 e. The summed E-state index contributed by atoms with van der Waals surface area (Å²) in [7, 11) is 0. The molecule has 0 aromatic heterocycles. The average Bonchev–Trinajstić information content (AvgIpc) is 3.35. The zero-order valence-electron chi connectivity index (χ0n) is 21.9. The van der Waals surface area contributed by atoms with Crippen LogP contribution in [0.25, 0.3) is 87.6 Å².